The first kappa shape index (κ1) is 21.9. The number of benzene rings is 2. The highest BCUT2D eigenvalue weighted by molar-refractivity contribution is 5.90. The largest absolute Gasteiger partial charge is 0.497 e. The van der Waals surface area contributed by atoms with Crippen molar-refractivity contribution in [1.29, 1.82) is 0 Å². The minimum Gasteiger partial charge on any atom is -0.497 e. The summed E-state index contributed by atoms with van der Waals surface area (Å²) in [6.07, 6.45) is 0.824. The molecule has 3 atom stereocenters. The molecule has 32 heavy (non-hydrogen) atoms. The lowest BCUT2D eigenvalue weighted by Gasteiger charge is -2.26. The Morgan fingerprint density at radius 3 is 2.38 bits per heavy atom. The van der Waals surface area contributed by atoms with Gasteiger partial charge in [-0.2, -0.15) is 0 Å². The summed E-state index contributed by atoms with van der Waals surface area (Å²) < 4.78 is 10.7. The van der Waals surface area contributed by atoms with E-state index in [4.69, 9.17) is 9.47 Å². The van der Waals surface area contributed by atoms with Gasteiger partial charge in [-0.3, -0.25) is 14.4 Å². The SMILES string of the molecule is COc1ccc(CN2CC(C(OC(C)=O)C(=O)NC3CC3)[C@@H](c3ccccc3)C2=O)cc1. The Kier molecular flexibility index (Phi) is 6.44. The first-order valence-corrected chi connectivity index (χ1v) is 10.9. The number of esters is 1. The summed E-state index contributed by atoms with van der Waals surface area (Å²) in [5.41, 5.74) is 1.77. The molecular weight excluding hydrogens is 408 g/mol. The molecule has 0 bridgehead atoms. The van der Waals surface area contributed by atoms with Crippen molar-refractivity contribution in [3.63, 3.8) is 0 Å². The van der Waals surface area contributed by atoms with E-state index in [1.165, 1.54) is 6.92 Å². The maximum Gasteiger partial charge on any atom is 0.303 e. The van der Waals surface area contributed by atoms with Crippen molar-refractivity contribution >= 4 is 17.8 Å². The lowest BCUT2D eigenvalue weighted by molar-refractivity contribution is -0.157. The summed E-state index contributed by atoms with van der Waals surface area (Å²) >= 11 is 0. The van der Waals surface area contributed by atoms with E-state index in [1.807, 2.05) is 54.6 Å². The number of ether oxygens (including phenoxy) is 2. The third-order valence-electron chi connectivity index (χ3n) is 5.99. The van der Waals surface area contributed by atoms with Gasteiger partial charge in [-0.05, 0) is 36.1 Å². The summed E-state index contributed by atoms with van der Waals surface area (Å²) in [6.45, 7) is 2.01. The van der Waals surface area contributed by atoms with E-state index in [0.717, 1.165) is 29.7 Å². The van der Waals surface area contributed by atoms with E-state index >= 15 is 0 Å². The van der Waals surface area contributed by atoms with Gasteiger partial charge < -0.3 is 19.7 Å². The second-order valence-corrected chi connectivity index (χ2v) is 8.43. The lowest BCUT2D eigenvalue weighted by atomic mass is 9.84. The van der Waals surface area contributed by atoms with Crippen LogP contribution in [0.25, 0.3) is 0 Å². The summed E-state index contributed by atoms with van der Waals surface area (Å²) in [6, 6.07) is 17.1. The smallest absolute Gasteiger partial charge is 0.303 e. The minimum absolute atomic E-state index is 0.0756. The van der Waals surface area contributed by atoms with Crippen molar-refractivity contribution < 1.29 is 23.9 Å². The molecule has 2 aromatic carbocycles. The average Bonchev–Trinajstić information content (AvgIpc) is 3.55. The Hall–Kier alpha value is -3.35. The fourth-order valence-electron chi connectivity index (χ4n) is 4.27. The highest BCUT2D eigenvalue weighted by Gasteiger charge is 2.49. The van der Waals surface area contributed by atoms with Crippen LogP contribution < -0.4 is 10.1 Å². The molecule has 1 saturated heterocycles. The standard InChI is InChI=1S/C25H28N2O5/c1-16(28)32-23(24(29)26-19-10-11-19)21-15-27(14-17-8-12-20(31-2)13-9-17)25(30)22(21)18-6-4-3-5-7-18/h3-9,12-13,19,21-23H,10-11,14-15H2,1-2H3,(H,26,29)/t21?,22-,23?/m1/s1. The second-order valence-electron chi connectivity index (χ2n) is 8.43. The summed E-state index contributed by atoms with van der Waals surface area (Å²) in [4.78, 5) is 40.1. The van der Waals surface area contributed by atoms with Crippen LogP contribution in [0.1, 0.15) is 36.8 Å². The monoisotopic (exact) mass is 436 g/mol. The average molecular weight is 437 g/mol. The van der Waals surface area contributed by atoms with Crippen LogP contribution in [0.4, 0.5) is 0 Å². The van der Waals surface area contributed by atoms with Gasteiger partial charge in [0.25, 0.3) is 5.91 Å². The van der Waals surface area contributed by atoms with Crippen LogP contribution >= 0.6 is 0 Å². The maximum absolute atomic E-state index is 13.5. The number of hydrogen-bond acceptors (Lipinski definition) is 5. The van der Waals surface area contributed by atoms with Crippen molar-refractivity contribution in [3.05, 3.63) is 65.7 Å². The number of hydrogen-bond donors (Lipinski definition) is 1. The third-order valence-corrected chi connectivity index (χ3v) is 5.99. The Morgan fingerprint density at radius 1 is 1.09 bits per heavy atom. The van der Waals surface area contributed by atoms with Gasteiger partial charge in [-0.15, -0.1) is 0 Å². The fourth-order valence-corrected chi connectivity index (χ4v) is 4.27. The Bertz CT molecular complexity index is 972. The van der Waals surface area contributed by atoms with E-state index in [9.17, 15) is 14.4 Å². The van der Waals surface area contributed by atoms with Crippen molar-refractivity contribution in [2.45, 2.75) is 44.4 Å². The molecule has 1 N–H and O–H groups in total. The van der Waals surface area contributed by atoms with Crippen LogP contribution in [-0.4, -0.2) is 48.5 Å². The van der Waals surface area contributed by atoms with E-state index in [1.54, 1.807) is 12.0 Å². The Labute approximate surface area is 187 Å². The van der Waals surface area contributed by atoms with Crippen LogP contribution in [0.5, 0.6) is 5.75 Å². The summed E-state index contributed by atoms with van der Waals surface area (Å²) in [7, 11) is 1.61. The van der Waals surface area contributed by atoms with Gasteiger partial charge in [0.1, 0.15) is 5.75 Å². The second kappa shape index (κ2) is 9.42. The minimum atomic E-state index is -1.02. The van der Waals surface area contributed by atoms with Crippen LogP contribution in [0, 0.1) is 5.92 Å². The van der Waals surface area contributed by atoms with E-state index in [2.05, 4.69) is 5.32 Å². The summed E-state index contributed by atoms with van der Waals surface area (Å²) in [5, 5.41) is 2.94. The van der Waals surface area contributed by atoms with Crippen molar-refractivity contribution in [3.8, 4) is 5.75 Å². The number of carbonyl (C=O) groups excluding carboxylic acids is 3. The molecule has 2 fully saturated rings. The molecule has 0 spiro atoms. The predicted molar refractivity (Wildman–Crippen MR) is 118 cm³/mol. The third kappa shape index (κ3) is 4.93. The fraction of sp³-hybridized carbons (Fsp3) is 0.400. The number of amides is 2. The van der Waals surface area contributed by atoms with Crippen LogP contribution in [0.15, 0.2) is 54.6 Å². The van der Waals surface area contributed by atoms with Crippen LogP contribution in [-0.2, 0) is 25.7 Å². The molecule has 0 radical (unpaired) electrons. The molecule has 0 aromatic heterocycles. The number of likely N-dealkylation sites (tertiary alicyclic amines) is 1. The van der Waals surface area contributed by atoms with Gasteiger partial charge in [0.15, 0.2) is 6.10 Å². The number of carbonyl (C=O) groups is 3. The molecule has 2 unspecified atom stereocenters. The first-order chi connectivity index (χ1) is 15.5. The molecule has 7 heteroatoms. The molecule has 168 valence electrons. The number of nitrogens with zero attached hydrogens (tertiary/aromatic N) is 1. The molecule has 4 rings (SSSR count). The predicted octanol–water partition coefficient (Wildman–Crippen LogP) is 2.65. The topological polar surface area (TPSA) is 84.9 Å². The van der Waals surface area contributed by atoms with E-state index < -0.39 is 23.9 Å². The number of rotatable bonds is 8. The molecule has 1 aliphatic heterocycles. The van der Waals surface area contributed by atoms with Gasteiger partial charge in [0.2, 0.25) is 5.91 Å². The Morgan fingerprint density at radius 2 is 1.78 bits per heavy atom. The van der Waals surface area contributed by atoms with Crippen molar-refractivity contribution in [2.75, 3.05) is 13.7 Å². The molecule has 1 saturated carbocycles. The van der Waals surface area contributed by atoms with E-state index in [-0.39, 0.29) is 17.9 Å². The lowest BCUT2D eigenvalue weighted by Crippen LogP contribution is -2.45. The van der Waals surface area contributed by atoms with Gasteiger partial charge in [-0.25, -0.2) is 0 Å². The summed E-state index contributed by atoms with van der Waals surface area (Å²) in [5.74, 6) is -1.24. The molecular formula is C25H28N2O5. The van der Waals surface area contributed by atoms with E-state index in [0.29, 0.717) is 13.1 Å². The first-order valence-electron chi connectivity index (χ1n) is 10.9. The van der Waals surface area contributed by atoms with Crippen molar-refractivity contribution in [2.24, 2.45) is 5.92 Å². The molecule has 2 aliphatic rings. The zero-order chi connectivity index (χ0) is 22.7. The molecule has 1 heterocycles. The quantitative estimate of drug-likeness (QED) is 0.643. The molecule has 2 amide bonds. The molecule has 2 aromatic rings. The van der Waals surface area contributed by atoms with Crippen molar-refractivity contribution in [1.82, 2.24) is 10.2 Å². The zero-order valence-electron chi connectivity index (χ0n) is 18.3. The normalized spacial score (nSPS) is 21.2. The highest BCUT2D eigenvalue weighted by atomic mass is 16.5. The Balaban J connectivity index is 1.62. The molecule has 7 nitrogen and oxygen atoms in total. The molecule has 1 aliphatic carbocycles. The van der Waals surface area contributed by atoms with Crippen LogP contribution in [0.3, 0.4) is 0 Å². The van der Waals surface area contributed by atoms with Gasteiger partial charge in [-0.1, -0.05) is 42.5 Å². The maximum atomic E-state index is 13.5. The van der Waals surface area contributed by atoms with Crippen LogP contribution in [0.2, 0.25) is 0 Å². The number of methoxy groups -OCH3 is 1. The zero-order valence-corrected chi connectivity index (χ0v) is 18.3. The van der Waals surface area contributed by atoms with Gasteiger partial charge in [0, 0.05) is 32.0 Å². The van der Waals surface area contributed by atoms with Gasteiger partial charge in [0.05, 0.1) is 13.0 Å². The highest BCUT2D eigenvalue weighted by Crippen LogP contribution is 2.38. The number of nitrogens with one attached hydrogen (secondary N) is 1. The van der Waals surface area contributed by atoms with Gasteiger partial charge >= 0.3 is 5.97 Å².